The van der Waals surface area contributed by atoms with Crippen molar-refractivity contribution < 1.29 is 71.1 Å². The number of carboxylic acid groups (broad SMARTS) is 2. The smallest absolute Gasteiger partial charge is 0.408 e. The SMILES string of the molecule is CC(C)(N)C(=O)N[C@H](COCc1ccc(F)cc1F)C(=O)N1CCC2=NN(CC(F)(F)F)C(=O)[C@]2(Cc2ccccn2)C1.O=C(O)[C@@H](O)[C@@H](O)C(=O)O. The van der Waals surface area contributed by atoms with Crippen LogP contribution in [-0.2, 0) is 41.7 Å². The van der Waals surface area contributed by atoms with E-state index < -0.39 is 89.8 Å². The number of aliphatic carboxylic acids is 2. The van der Waals surface area contributed by atoms with Gasteiger partial charge < -0.3 is 41.1 Å². The molecule has 0 unspecified atom stereocenters. The number of nitrogens with two attached hydrogens (primary N) is 1. The lowest BCUT2D eigenvalue weighted by molar-refractivity contribution is -0.165. The lowest BCUT2D eigenvalue weighted by Gasteiger charge is -2.40. The van der Waals surface area contributed by atoms with E-state index in [-0.39, 0.29) is 43.8 Å². The van der Waals surface area contributed by atoms with Crippen LogP contribution in [0, 0.1) is 17.0 Å². The summed E-state index contributed by atoms with van der Waals surface area (Å²) >= 11 is 0. The quantitative estimate of drug-likeness (QED) is 0.150. The Morgan fingerprint density at radius 3 is 2.23 bits per heavy atom. The summed E-state index contributed by atoms with van der Waals surface area (Å²) in [7, 11) is 0. The molecule has 1 saturated heterocycles. The first-order valence-electron chi connectivity index (χ1n) is 15.6. The number of pyridine rings is 1. The van der Waals surface area contributed by atoms with Gasteiger partial charge in [0.2, 0.25) is 11.8 Å². The van der Waals surface area contributed by atoms with Gasteiger partial charge in [0.15, 0.2) is 12.2 Å². The second-order valence-corrected chi connectivity index (χ2v) is 12.7. The Labute approximate surface area is 298 Å². The summed E-state index contributed by atoms with van der Waals surface area (Å²) < 4.78 is 72.7. The van der Waals surface area contributed by atoms with Crippen LogP contribution in [0.25, 0.3) is 0 Å². The summed E-state index contributed by atoms with van der Waals surface area (Å²) in [5.41, 5.74) is 3.49. The number of benzene rings is 1. The average molecular weight is 761 g/mol. The fraction of sp³-hybridized carbons (Fsp3) is 0.469. The van der Waals surface area contributed by atoms with Gasteiger partial charge in [-0.3, -0.25) is 19.4 Å². The summed E-state index contributed by atoms with van der Waals surface area (Å²) in [5.74, 6) is -7.51. The molecule has 1 fully saturated rings. The number of aliphatic hydroxyl groups is 2. The third-order valence-electron chi connectivity index (χ3n) is 7.92. The Morgan fingerprint density at radius 1 is 1.06 bits per heavy atom. The standard InChI is InChI=1S/C28H31F5N6O4.C4H6O6/c1-26(2,34)24(41)36-21(14-43-13-17-6-7-18(29)11-20(17)30)23(40)38-10-8-22-27(15-38,12-19-5-3-4-9-35-19)25(42)39(37-22)16-28(31,32)33;5-1(3(7)8)2(6)4(9)10/h3-7,9,11,21H,8,10,12-16,34H2,1-2H3,(H,36,41);1-2,5-6H,(H,7,8)(H,9,10)/t21-,27-;1-,2+/m1./s1. The molecule has 3 amide bonds. The number of likely N-dealkylation sites (tertiary alicyclic amines) is 1. The van der Waals surface area contributed by atoms with E-state index in [1.54, 1.807) is 18.2 Å². The van der Waals surface area contributed by atoms with E-state index in [4.69, 9.17) is 30.9 Å². The van der Waals surface area contributed by atoms with E-state index in [1.807, 2.05) is 0 Å². The number of alkyl halides is 3. The summed E-state index contributed by atoms with van der Waals surface area (Å²) in [5, 5.41) is 39.4. The molecule has 7 N–H and O–H groups in total. The molecule has 1 aromatic carbocycles. The largest absolute Gasteiger partial charge is 0.479 e. The monoisotopic (exact) mass is 760 g/mol. The highest BCUT2D eigenvalue weighted by Gasteiger charge is 2.56. The van der Waals surface area contributed by atoms with Crippen LogP contribution in [0.1, 0.15) is 31.5 Å². The van der Waals surface area contributed by atoms with E-state index in [0.717, 1.165) is 6.07 Å². The summed E-state index contributed by atoms with van der Waals surface area (Å²) in [6, 6.07) is 6.45. The first kappa shape index (κ1) is 42.3. The first-order valence-corrected chi connectivity index (χ1v) is 15.6. The molecule has 2 aliphatic rings. The van der Waals surface area contributed by atoms with Crippen molar-refractivity contribution in [3.63, 3.8) is 0 Å². The molecule has 16 nitrogen and oxygen atoms in total. The number of aromatic nitrogens is 1. The fourth-order valence-electron chi connectivity index (χ4n) is 5.20. The second kappa shape index (κ2) is 17.1. The average Bonchev–Trinajstić information content (AvgIpc) is 3.32. The zero-order valence-corrected chi connectivity index (χ0v) is 28.2. The van der Waals surface area contributed by atoms with Gasteiger partial charge in [-0.1, -0.05) is 12.1 Å². The predicted octanol–water partition coefficient (Wildman–Crippen LogP) is 0.198. The van der Waals surface area contributed by atoms with Gasteiger partial charge in [-0.05, 0) is 32.0 Å². The minimum Gasteiger partial charge on any atom is -0.479 e. The van der Waals surface area contributed by atoms with Gasteiger partial charge in [-0.2, -0.15) is 18.3 Å². The predicted molar refractivity (Wildman–Crippen MR) is 170 cm³/mol. The van der Waals surface area contributed by atoms with Crippen LogP contribution >= 0.6 is 0 Å². The Hall–Kier alpha value is -5.12. The topological polar surface area (TPSA) is 245 Å². The number of hydrogen-bond acceptors (Lipinski definition) is 11. The second-order valence-electron chi connectivity index (χ2n) is 12.7. The van der Waals surface area contributed by atoms with E-state index in [0.29, 0.717) is 16.8 Å². The van der Waals surface area contributed by atoms with Crippen LogP contribution in [0.3, 0.4) is 0 Å². The Balaban J connectivity index is 0.000000661. The van der Waals surface area contributed by atoms with Gasteiger partial charge in [0, 0.05) is 49.5 Å². The molecule has 0 spiro atoms. The van der Waals surface area contributed by atoms with E-state index in [1.165, 1.54) is 31.0 Å². The van der Waals surface area contributed by atoms with Crippen molar-refractivity contribution in [1.82, 2.24) is 20.2 Å². The van der Waals surface area contributed by atoms with Gasteiger partial charge in [0.25, 0.3) is 5.91 Å². The van der Waals surface area contributed by atoms with Crippen molar-refractivity contribution in [2.45, 2.75) is 63.3 Å². The summed E-state index contributed by atoms with van der Waals surface area (Å²) in [6.45, 7) is 0.0803. The van der Waals surface area contributed by atoms with E-state index in [9.17, 15) is 45.9 Å². The third-order valence-corrected chi connectivity index (χ3v) is 7.92. The maximum absolute atomic E-state index is 14.1. The van der Waals surface area contributed by atoms with Crippen molar-refractivity contribution in [1.29, 1.82) is 0 Å². The number of nitrogens with zero attached hydrogens (tertiary/aromatic N) is 4. The maximum Gasteiger partial charge on any atom is 0.408 e. The molecule has 4 atom stereocenters. The molecule has 53 heavy (non-hydrogen) atoms. The summed E-state index contributed by atoms with van der Waals surface area (Å²) in [6.07, 6.45) is -7.89. The molecule has 3 heterocycles. The van der Waals surface area contributed by atoms with E-state index in [2.05, 4.69) is 15.4 Å². The molecule has 2 aromatic rings. The number of carboxylic acids is 2. The van der Waals surface area contributed by atoms with Crippen LogP contribution in [0.5, 0.6) is 0 Å². The number of carbonyl (C=O) groups excluding carboxylic acids is 3. The number of aliphatic hydroxyl groups excluding tert-OH is 2. The fourth-order valence-corrected chi connectivity index (χ4v) is 5.20. The number of hydrogen-bond donors (Lipinski definition) is 6. The molecule has 0 bridgehead atoms. The number of hydrazone groups is 1. The number of ether oxygens (including phenoxy) is 1. The van der Waals surface area contributed by atoms with E-state index >= 15 is 0 Å². The van der Waals surface area contributed by atoms with Crippen molar-refractivity contribution in [3.05, 3.63) is 65.5 Å². The van der Waals surface area contributed by atoms with Crippen LogP contribution < -0.4 is 11.1 Å². The van der Waals surface area contributed by atoms with Crippen molar-refractivity contribution in [3.8, 4) is 0 Å². The van der Waals surface area contributed by atoms with Crippen LogP contribution in [0.15, 0.2) is 47.7 Å². The highest BCUT2D eigenvalue weighted by Crippen LogP contribution is 2.39. The molecule has 1 aromatic heterocycles. The molecule has 0 radical (unpaired) electrons. The number of piperidine rings is 1. The number of fused-ring (bicyclic) bond motifs is 1. The first-order chi connectivity index (χ1) is 24.6. The van der Waals surface area contributed by atoms with Gasteiger partial charge >= 0.3 is 18.1 Å². The van der Waals surface area contributed by atoms with Gasteiger partial charge in [-0.25, -0.2) is 23.4 Å². The molecular formula is C32H37F5N6O10. The molecule has 4 rings (SSSR count). The van der Waals surface area contributed by atoms with Crippen LogP contribution in [-0.4, -0.2) is 127 Å². The number of nitrogens with one attached hydrogen (secondary N) is 1. The zero-order valence-electron chi connectivity index (χ0n) is 28.2. The molecule has 0 aliphatic carbocycles. The molecule has 290 valence electrons. The van der Waals surface area contributed by atoms with Gasteiger partial charge in [0.1, 0.15) is 29.6 Å². The maximum atomic E-state index is 14.1. The Kier molecular flexibility index (Phi) is 13.7. The minimum absolute atomic E-state index is 0.00697. The molecule has 21 heteroatoms. The zero-order chi connectivity index (χ0) is 39.9. The van der Waals surface area contributed by atoms with Gasteiger partial charge in [0.05, 0.1) is 24.5 Å². The molecular weight excluding hydrogens is 723 g/mol. The van der Waals surface area contributed by atoms with Crippen molar-refractivity contribution in [2.75, 3.05) is 26.2 Å². The van der Waals surface area contributed by atoms with Gasteiger partial charge in [-0.15, -0.1) is 0 Å². The minimum atomic E-state index is -4.71. The molecule has 0 saturated carbocycles. The lowest BCUT2D eigenvalue weighted by atomic mass is 9.74. The third kappa shape index (κ3) is 11.2. The number of rotatable bonds is 13. The molecule has 2 aliphatic heterocycles. The highest BCUT2D eigenvalue weighted by molar-refractivity contribution is 6.14. The highest BCUT2D eigenvalue weighted by atomic mass is 19.4. The normalized spacial score (nSPS) is 18.9. The number of halogens is 5. The lowest BCUT2D eigenvalue weighted by Crippen LogP contribution is -2.62. The number of carbonyl (C=O) groups is 5. The number of amides is 3. The van der Waals surface area contributed by atoms with Crippen LogP contribution in [0.2, 0.25) is 0 Å². The Morgan fingerprint density at radius 2 is 1.70 bits per heavy atom. The van der Waals surface area contributed by atoms with Crippen molar-refractivity contribution >= 4 is 35.4 Å². The van der Waals surface area contributed by atoms with Crippen molar-refractivity contribution in [2.24, 2.45) is 16.3 Å². The Bertz CT molecular complexity index is 1690. The van der Waals surface area contributed by atoms with Crippen LogP contribution in [0.4, 0.5) is 22.0 Å². The summed E-state index contributed by atoms with van der Waals surface area (Å²) in [4.78, 5) is 65.1.